The molecule has 3 rings (SSSR count). The lowest BCUT2D eigenvalue weighted by molar-refractivity contribution is -0.127. The number of aryl methyl sites for hydroxylation is 2. The Balaban J connectivity index is 1.64. The normalized spacial score (nSPS) is 28.8. The molecule has 4 heteroatoms. The second-order valence-corrected chi connectivity index (χ2v) is 7.95. The predicted molar refractivity (Wildman–Crippen MR) is 99.5 cm³/mol. The lowest BCUT2D eigenvalue weighted by atomic mass is 9.70. The van der Waals surface area contributed by atoms with E-state index in [2.05, 4.69) is 23.6 Å². The molecule has 4 unspecified atom stereocenters. The van der Waals surface area contributed by atoms with Gasteiger partial charge in [0.25, 0.3) is 5.91 Å². The van der Waals surface area contributed by atoms with Gasteiger partial charge in [0.15, 0.2) is 0 Å². The van der Waals surface area contributed by atoms with Crippen LogP contribution in [-0.4, -0.2) is 23.9 Å². The monoisotopic (exact) mass is 342 g/mol. The summed E-state index contributed by atoms with van der Waals surface area (Å²) in [6, 6.07) is 6.32. The Kier molecular flexibility index (Phi) is 5.45. The lowest BCUT2D eigenvalue weighted by Gasteiger charge is -2.44. The van der Waals surface area contributed by atoms with Crippen molar-refractivity contribution in [1.29, 1.82) is 0 Å². The standard InChI is InChI=1S/C21H30N2O2/c1-4-5-15-11-20(24)23-19-12-17(6-7-18(15)19)22-21(25)16-9-13(2)8-14(3)10-16/h8-10,15,17-19H,4-7,11-12H2,1-3H3,(H,22,25)(H,23,24). The minimum atomic E-state index is 0.00231. The molecule has 136 valence electrons. The Hall–Kier alpha value is -1.84. The molecule has 0 radical (unpaired) electrons. The van der Waals surface area contributed by atoms with Crippen LogP contribution in [0.3, 0.4) is 0 Å². The average molecular weight is 342 g/mol. The third-order valence-corrected chi connectivity index (χ3v) is 5.78. The van der Waals surface area contributed by atoms with Crippen LogP contribution >= 0.6 is 0 Å². The number of hydrogen-bond donors (Lipinski definition) is 2. The van der Waals surface area contributed by atoms with Gasteiger partial charge in [0, 0.05) is 24.1 Å². The molecule has 1 saturated carbocycles. The van der Waals surface area contributed by atoms with Gasteiger partial charge in [0.1, 0.15) is 0 Å². The highest BCUT2D eigenvalue weighted by Crippen LogP contribution is 2.37. The van der Waals surface area contributed by atoms with Gasteiger partial charge in [-0.2, -0.15) is 0 Å². The fourth-order valence-electron chi connectivity index (χ4n) is 4.77. The minimum absolute atomic E-state index is 0.00231. The molecule has 0 spiro atoms. The molecule has 1 saturated heterocycles. The van der Waals surface area contributed by atoms with Crippen LogP contribution in [0.4, 0.5) is 0 Å². The van der Waals surface area contributed by atoms with Crippen LogP contribution in [0, 0.1) is 25.7 Å². The largest absolute Gasteiger partial charge is 0.353 e. The Morgan fingerprint density at radius 2 is 1.92 bits per heavy atom. The van der Waals surface area contributed by atoms with E-state index in [1.54, 1.807) is 0 Å². The van der Waals surface area contributed by atoms with Gasteiger partial charge in [-0.25, -0.2) is 0 Å². The molecule has 1 aromatic carbocycles. The highest BCUT2D eigenvalue weighted by molar-refractivity contribution is 5.94. The Morgan fingerprint density at radius 3 is 2.60 bits per heavy atom. The number of piperidine rings is 1. The molecule has 1 aromatic rings. The van der Waals surface area contributed by atoms with Gasteiger partial charge in [-0.15, -0.1) is 0 Å². The first-order valence-electron chi connectivity index (χ1n) is 9.64. The molecule has 2 amide bonds. The fraction of sp³-hybridized carbons (Fsp3) is 0.619. The first kappa shape index (κ1) is 18.0. The van der Waals surface area contributed by atoms with Crippen molar-refractivity contribution < 1.29 is 9.59 Å². The number of carbonyl (C=O) groups excluding carboxylic acids is 2. The highest BCUT2D eigenvalue weighted by Gasteiger charge is 2.40. The van der Waals surface area contributed by atoms with E-state index in [4.69, 9.17) is 0 Å². The van der Waals surface area contributed by atoms with E-state index < -0.39 is 0 Å². The Labute approximate surface area is 150 Å². The third kappa shape index (κ3) is 4.23. The molecule has 25 heavy (non-hydrogen) atoms. The van der Waals surface area contributed by atoms with Crippen LogP contribution in [0.5, 0.6) is 0 Å². The summed E-state index contributed by atoms with van der Waals surface area (Å²) in [7, 11) is 0. The molecular formula is C21H30N2O2. The summed E-state index contributed by atoms with van der Waals surface area (Å²) in [6.45, 7) is 6.22. The van der Waals surface area contributed by atoms with Gasteiger partial charge in [0.05, 0.1) is 0 Å². The summed E-state index contributed by atoms with van der Waals surface area (Å²) in [4.78, 5) is 24.6. The van der Waals surface area contributed by atoms with E-state index in [-0.39, 0.29) is 23.9 Å². The Bertz CT molecular complexity index is 635. The van der Waals surface area contributed by atoms with Gasteiger partial charge < -0.3 is 10.6 Å². The number of fused-ring (bicyclic) bond motifs is 1. The number of amides is 2. The van der Waals surface area contributed by atoms with Crippen molar-refractivity contribution in [2.45, 2.75) is 71.4 Å². The highest BCUT2D eigenvalue weighted by atomic mass is 16.2. The average Bonchev–Trinajstić information content (AvgIpc) is 2.53. The molecule has 1 aliphatic carbocycles. The third-order valence-electron chi connectivity index (χ3n) is 5.78. The molecule has 2 aliphatic rings. The molecule has 1 aliphatic heterocycles. The topological polar surface area (TPSA) is 58.2 Å². The van der Waals surface area contributed by atoms with Gasteiger partial charge in [-0.05, 0) is 63.5 Å². The molecule has 2 fully saturated rings. The maximum atomic E-state index is 12.6. The second kappa shape index (κ2) is 7.59. The molecule has 4 nitrogen and oxygen atoms in total. The molecule has 4 atom stereocenters. The maximum absolute atomic E-state index is 12.6. The summed E-state index contributed by atoms with van der Waals surface area (Å²) in [5, 5.41) is 6.37. The van der Waals surface area contributed by atoms with E-state index in [9.17, 15) is 9.59 Å². The summed E-state index contributed by atoms with van der Waals surface area (Å²) >= 11 is 0. The van der Waals surface area contributed by atoms with Crippen molar-refractivity contribution in [3.05, 3.63) is 34.9 Å². The van der Waals surface area contributed by atoms with Gasteiger partial charge in [-0.3, -0.25) is 9.59 Å². The zero-order chi connectivity index (χ0) is 18.0. The van der Waals surface area contributed by atoms with Crippen molar-refractivity contribution in [3.8, 4) is 0 Å². The molecule has 1 heterocycles. The van der Waals surface area contributed by atoms with Crippen molar-refractivity contribution in [3.63, 3.8) is 0 Å². The van der Waals surface area contributed by atoms with E-state index in [0.29, 0.717) is 18.3 Å². The van der Waals surface area contributed by atoms with Crippen LogP contribution in [-0.2, 0) is 4.79 Å². The molecular weight excluding hydrogens is 312 g/mol. The van der Waals surface area contributed by atoms with Gasteiger partial charge in [0.2, 0.25) is 5.91 Å². The summed E-state index contributed by atoms with van der Waals surface area (Å²) in [5.74, 6) is 1.27. The van der Waals surface area contributed by atoms with Crippen LogP contribution in [0.2, 0.25) is 0 Å². The first-order valence-corrected chi connectivity index (χ1v) is 9.64. The SMILES string of the molecule is CCCC1CC(=O)NC2CC(NC(=O)c3cc(C)cc(C)c3)CCC12. The van der Waals surface area contributed by atoms with Crippen LogP contribution < -0.4 is 10.6 Å². The van der Waals surface area contributed by atoms with Crippen molar-refractivity contribution in [1.82, 2.24) is 10.6 Å². The number of hydrogen-bond acceptors (Lipinski definition) is 2. The number of nitrogens with one attached hydrogen (secondary N) is 2. The first-order chi connectivity index (χ1) is 12.0. The number of benzene rings is 1. The number of carbonyl (C=O) groups is 2. The maximum Gasteiger partial charge on any atom is 0.251 e. The van der Waals surface area contributed by atoms with Crippen LogP contribution in [0.25, 0.3) is 0 Å². The molecule has 0 bridgehead atoms. The number of rotatable bonds is 4. The second-order valence-electron chi connectivity index (χ2n) is 7.95. The summed E-state index contributed by atoms with van der Waals surface area (Å²) in [6.07, 6.45) is 5.89. The van der Waals surface area contributed by atoms with E-state index in [0.717, 1.165) is 48.8 Å². The smallest absolute Gasteiger partial charge is 0.251 e. The predicted octanol–water partition coefficient (Wildman–Crippen LogP) is 3.51. The van der Waals surface area contributed by atoms with Crippen LogP contribution in [0.15, 0.2) is 18.2 Å². The van der Waals surface area contributed by atoms with E-state index in [1.807, 2.05) is 26.0 Å². The van der Waals surface area contributed by atoms with Crippen LogP contribution in [0.1, 0.15) is 66.9 Å². The van der Waals surface area contributed by atoms with Gasteiger partial charge >= 0.3 is 0 Å². The molecule has 2 N–H and O–H groups in total. The quantitative estimate of drug-likeness (QED) is 0.880. The summed E-state index contributed by atoms with van der Waals surface area (Å²) < 4.78 is 0. The van der Waals surface area contributed by atoms with Crippen molar-refractivity contribution in [2.24, 2.45) is 11.8 Å². The molecule has 0 aromatic heterocycles. The van der Waals surface area contributed by atoms with E-state index in [1.165, 1.54) is 0 Å². The van der Waals surface area contributed by atoms with Gasteiger partial charge in [-0.1, -0.05) is 30.5 Å². The minimum Gasteiger partial charge on any atom is -0.353 e. The summed E-state index contributed by atoms with van der Waals surface area (Å²) in [5.41, 5.74) is 2.95. The fourth-order valence-corrected chi connectivity index (χ4v) is 4.77. The van der Waals surface area contributed by atoms with Crippen molar-refractivity contribution in [2.75, 3.05) is 0 Å². The zero-order valence-corrected chi connectivity index (χ0v) is 15.6. The lowest BCUT2D eigenvalue weighted by Crippen LogP contribution is -2.55. The zero-order valence-electron chi connectivity index (χ0n) is 15.6. The van der Waals surface area contributed by atoms with Crippen molar-refractivity contribution >= 4 is 11.8 Å². The Morgan fingerprint density at radius 1 is 1.20 bits per heavy atom. The van der Waals surface area contributed by atoms with E-state index >= 15 is 0 Å².